The maximum atomic E-state index is 12.4. The van der Waals surface area contributed by atoms with Crippen LogP contribution in [-0.2, 0) is 4.79 Å². The molecule has 0 aromatic heterocycles. The van der Waals surface area contributed by atoms with Crippen molar-refractivity contribution in [3.8, 4) is 0 Å². The van der Waals surface area contributed by atoms with Crippen molar-refractivity contribution in [2.24, 2.45) is 17.6 Å². The molecule has 1 aliphatic heterocycles. The number of anilines is 1. The van der Waals surface area contributed by atoms with Gasteiger partial charge in [-0.25, -0.2) is 0 Å². The Labute approximate surface area is 114 Å². The Morgan fingerprint density at radius 2 is 2.05 bits per heavy atom. The van der Waals surface area contributed by atoms with Crippen LogP contribution in [0.3, 0.4) is 0 Å². The van der Waals surface area contributed by atoms with Crippen LogP contribution in [0.1, 0.15) is 44.7 Å². The van der Waals surface area contributed by atoms with Gasteiger partial charge in [0.15, 0.2) is 0 Å². The Morgan fingerprint density at radius 3 is 2.68 bits per heavy atom. The third-order valence-electron chi connectivity index (χ3n) is 4.63. The number of nitrogens with zero attached hydrogens (tertiary/aromatic N) is 1. The summed E-state index contributed by atoms with van der Waals surface area (Å²) in [6.07, 6.45) is 3.02. The lowest BCUT2D eigenvalue weighted by atomic mass is 9.80. The maximum Gasteiger partial charge on any atom is 0.226 e. The van der Waals surface area contributed by atoms with Crippen LogP contribution < -0.4 is 10.6 Å². The van der Waals surface area contributed by atoms with Crippen LogP contribution in [0.25, 0.3) is 0 Å². The van der Waals surface area contributed by atoms with Crippen molar-refractivity contribution in [1.82, 2.24) is 0 Å². The lowest BCUT2D eigenvalue weighted by Crippen LogP contribution is -2.52. The lowest BCUT2D eigenvalue weighted by molar-refractivity contribution is -0.119. The number of fused-ring (bicyclic) bond motifs is 1. The molecule has 1 amide bonds. The second kappa shape index (κ2) is 4.64. The molecule has 0 spiro atoms. The fraction of sp³-hybridized carbons (Fsp3) is 0.562. The van der Waals surface area contributed by atoms with Gasteiger partial charge in [-0.3, -0.25) is 4.79 Å². The first kappa shape index (κ1) is 12.7. The summed E-state index contributed by atoms with van der Waals surface area (Å²) in [7, 11) is 0. The van der Waals surface area contributed by atoms with Crippen molar-refractivity contribution in [3.05, 3.63) is 29.8 Å². The number of para-hydroxylation sites is 1. The van der Waals surface area contributed by atoms with Crippen molar-refractivity contribution in [2.75, 3.05) is 4.90 Å². The van der Waals surface area contributed by atoms with E-state index in [4.69, 9.17) is 5.73 Å². The molecule has 3 heteroatoms. The lowest BCUT2D eigenvalue weighted by Gasteiger charge is -2.44. The van der Waals surface area contributed by atoms with Crippen molar-refractivity contribution >= 4 is 11.6 Å². The number of rotatable bonds is 2. The normalized spacial score (nSPS) is 30.1. The van der Waals surface area contributed by atoms with Gasteiger partial charge in [-0.1, -0.05) is 32.0 Å². The average molecular weight is 258 g/mol. The van der Waals surface area contributed by atoms with Gasteiger partial charge in [0.05, 0.1) is 0 Å². The van der Waals surface area contributed by atoms with E-state index >= 15 is 0 Å². The molecule has 1 fully saturated rings. The molecule has 0 bridgehead atoms. The second-order valence-corrected chi connectivity index (χ2v) is 5.89. The predicted molar refractivity (Wildman–Crippen MR) is 76.8 cm³/mol. The summed E-state index contributed by atoms with van der Waals surface area (Å²) in [6.45, 7) is 4.13. The molecule has 19 heavy (non-hydrogen) atoms. The monoisotopic (exact) mass is 258 g/mol. The molecule has 0 radical (unpaired) electrons. The summed E-state index contributed by atoms with van der Waals surface area (Å²) in [5, 5.41) is 0. The number of nitrogens with two attached hydrogens (primary N) is 1. The summed E-state index contributed by atoms with van der Waals surface area (Å²) in [5.74, 6) is 1.20. The van der Waals surface area contributed by atoms with Gasteiger partial charge < -0.3 is 10.6 Å². The van der Waals surface area contributed by atoms with Crippen molar-refractivity contribution < 1.29 is 4.79 Å². The van der Waals surface area contributed by atoms with Gasteiger partial charge in [-0.2, -0.15) is 0 Å². The average Bonchev–Trinajstić information content (AvgIpc) is 3.26. The molecular formula is C16H22N2O. The van der Waals surface area contributed by atoms with Gasteiger partial charge in [-0.15, -0.1) is 0 Å². The zero-order valence-electron chi connectivity index (χ0n) is 11.7. The van der Waals surface area contributed by atoms with Gasteiger partial charge in [0.1, 0.15) is 0 Å². The highest BCUT2D eigenvalue weighted by Gasteiger charge is 2.46. The van der Waals surface area contributed by atoms with E-state index in [0.717, 1.165) is 11.3 Å². The van der Waals surface area contributed by atoms with Crippen LogP contribution in [0.15, 0.2) is 24.3 Å². The fourth-order valence-electron chi connectivity index (χ4n) is 3.43. The van der Waals surface area contributed by atoms with Crippen LogP contribution in [0, 0.1) is 11.8 Å². The summed E-state index contributed by atoms with van der Waals surface area (Å²) >= 11 is 0. The molecule has 1 aromatic carbocycles. The molecule has 0 saturated heterocycles. The van der Waals surface area contributed by atoms with E-state index in [2.05, 4.69) is 13.0 Å². The Morgan fingerprint density at radius 1 is 1.37 bits per heavy atom. The van der Waals surface area contributed by atoms with E-state index in [9.17, 15) is 4.79 Å². The molecule has 102 valence electrons. The molecule has 1 saturated carbocycles. The third kappa shape index (κ3) is 1.96. The van der Waals surface area contributed by atoms with Crippen molar-refractivity contribution in [2.45, 2.75) is 45.2 Å². The molecule has 1 unspecified atom stereocenters. The predicted octanol–water partition coefficient (Wildman–Crippen LogP) is 2.86. The highest BCUT2D eigenvalue weighted by molar-refractivity contribution is 5.95. The zero-order valence-corrected chi connectivity index (χ0v) is 11.7. The Bertz CT molecular complexity index is 495. The summed E-state index contributed by atoms with van der Waals surface area (Å²) < 4.78 is 0. The topological polar surface area (TPSA) is 46.3 Å². The fourth-order valence-corrected chi connectivity index (χ4v) is 3.43. The first-order valence-electron chi connectivity index (χ1n) is 7.31. The van der Waals surface area contributed by atoms with Gasteiger partial charge >= 0.3 is 0 Å². The maximum absolute atomic E-state index is 12.4. The van der Waals surface area contributed by atoms with Gasteiger partial charge in [-0.05, 0) is 36.3 Å². The first-order chi connectivity index (χ1) is 9.15. The SMILES string of the molecule is CCC(=O)N1c2ccccc2[C@H](N)[C@@H](C)C1C1CC1. The first-order valence-corrected chi connectivity index (χ1v) is 7.31. The summed E-state index contributed by atoms with van der Waals surface area (Å²) in [5.41, 5.74) is 8.57. The van der Waals surface area contributed by atoms with Gasteiger partial charge in [0, 0.05) is 24.2 Å². The number of hydrogen-bond donors (Lipinski definition) is 1. The van der Waals surface area contributed by atoms with Crippen LogP contribution in [0.5, 0.6) is 0 Å². The van der Waals surface area contributed by atoms with Crippen molar-refractivity contribution in [3.63, 3.8) is 0 Å². The molecule has 1 heterocycles. The van der Waals surface area contributed by atoms with Gasteiger partial charge in [0.25, 0.3) is 0 Å². The number of carbonyl (C=O) groups is 1. The zero-order chi connectivity index (χ0) is 13.6. The number of hydrogen-bond acceptors (Lipinski definition) is 2. The van der Waals surface area contributed by atoms with Crippen LogP contribution in [0.4, 0.5) is 5.69 Å². The Hall–Kier alpha value is -1.35. The minimum absolute atomic E-state index is 0.0442. The number of benzene rings is 1. The van der Waals surface area contributed by atoms with E-state index < -0.39 is 0 Å². The molecule has 1 aliphatic carbocycles. The Kier molecular flexibility index (Phi) is 3.09. The van der Waals surface area contributed by atoms with Crippen LogP contribution in [-0.4, -0.2) is 11.9 Å². The van der Waals surface area contributed by atoms with Crippen LogP contribution in [0.2, 0.25) is 0 Å². The Balaban J connectivity index is 2.10. The minimum atomic E-state index is 0.0442. The molecule has 1 aromatic rings. The van der Waals surface area contributed by atoms with E-state index in [0.29, 0.717) is 18.3 Å². The molecule has 3 atom stereocenters. The molecule has 3 rings (SSSR count). The summed E-state index contributed by atoms with van der Waals surface area (Å²) in [4.78, 5) is 14.5. The third-order valence-corrected chi connectivity index (χ3v) is 4.63. The van der Waals surface area contributed by atoms with E-state index in [1.165, 1.54) is 12.8 Å². The number of carbonyl (C=O) groups excluding carboxylic acids is 1. The highest BCUT2D eigenvalue weighted by Crippen LogP contribution is 2.48. The highest BCUT2D eigenvalue weighted by atomic mass is 16.2. The quantitative estimate of drug-likeness (QED) is 0.886. The standard InChI is InChI=1S/C16H22N2O/c1-3-14(19)18-13-7-5-4-6-12(13)15(17)10(2)16(18)11-8-9-11/h4-7,10-11,15-16H,3,8-9,17H2,1-2H3/t10-,15-,16?/m1/s1. The smallest absolute Gasteiger partial charge is 0.226 e. The summed E-state index contributed by atoms with van der Waals surface area (Å²) in [6, 6.07) is 8.46. The second-order valence-electron chi connectivity index (χ2n) is 5.89. The number of amides is 1. The largest absolute Gasteiger partial charge is 0.324 e. The molecule has 2 aliphatic rings. The van der Waals surface area contributed by atoms with Crippen molar-refractivity contribution in [1.29, 1.82) is 0 Å². The molecule has 2 N–H and O–H groups in total. The van der Waals surface area contributed by atoms with E-state index in [1.54, 1.807) is 0 Å². The minimum Gasteiger partial charge on any atom is -0.324 e. The van der Waals surface area contributed by atoms with Crippen LogP contribution >= 0.6 is 0 Å². The molecular weight excluding hydrogens is 236 g/mol. The van der Waals surface area contributed by atoms with E-state index in [-0.39, 0.29) is 18.0 Å². The van der Waals surface area contributed by atoms with Gasteiger partial charge in [0.2, 0.25) is 5.91 Å². The van der Waals surface area contributed by atoms with E-state index in [1.807, 2.05) is 30.0 Å². The molecule has 3 nitrogen and oxygen atoms in total.